The predicted molar refractivity (Wildman–Crippen MR) is 97.4 cm³/mol. The zero-order chi connectivity index (χ0) is 17.5. The van der Waals surface area contributed by atoms with E-state index in [2.05, 4.69) is 11.1 Å². The summed E-state index contributed by atoms with van der Waals surface area (Å²) in [4.78, 5) is 4.25. The molecule has 5 nitrogen and oxygen atoms in total. The Kier molecular flexibility index (Phi) is 4.38. The van der Waals surface area contributed by atoms with Crippen LogP contribution in [0.2, 0.25) is 5.02 Å². The molecular formula is C17H18ClN3O2S. The lowest BCUT2D eigenvalue weighted by atomic mass is 10.1. The molecule has 1 unspecified atom stereocenters. The van der Waals surface area contributed by atoms with Gasteiger partial charge in [-0.2, -0.15) is 0 Å². The number of hydrogen-bond donors (Lipinski definition) is 1. The summed E-state index contributed by atoms with van der Waals surface area (Å²) < 4.78 is 24.9. The van der Waals surface area contributed by atoms with Crippen LogP contribution in [0.15, 0.2) is 42.7 Å². The lowest BCUT2D eigenvalue weighted by molar-refractivity contribution is 0.584. The molecule has 0 aliphatic carbocycles. The van der Waals surface area contributed by atoms with Crippen LogP contribution in [0.1, 0.15) is 12.5 Å². The Balaban J connectivity index is 2.02. The van der Waals surface area contributed by atoms with Crippen LogP contribution in [0.4, 0.5) is 0 Å². The van der Waals surface area contributed by atoms with Crippen molar-refractivity contribution in [1.82, 2.24) is 9.55 Å². The standard InChI is InChI=1S/C17H18ClN3O2S/c1-11(24(19,22)23)5-12-6-14(10-20-9-12)16-7-13-3-4-15(18)8-17(13)21(16)2/h3-4,6-11H,5H2,1-2H3,(H2,19,22,23). The summed E-state index contributed by atoms with van der Waals surface area (Å²) in [5.74, 6) is 0. The van der Waals surface area contributed by atoms with Crippen molar-refractivity contribution in [2.24, 2.45) is 12.2 Å². The average molecular weight is 364 g/mol. The zero-order valence-corrected chi connectivity index (χ0v) is 15.0. The largest absolute Gasteiger partial charge is 0.344 e. The van der Waals surface area contributed by atoms with Gasteiger partial charge in [0.05, 0.1) is 10.9 Å². The van der Waals surface area contributed by atoms with Crippen LogP contribution in [0, 0.1) is 0 Å². The van der Waals surface area contributed by atoms with E-state index >= 15 is 0 Å². The Morgan fingerprint density at radius 3 is 2.71 bits per heavy atom. The second-order valence-electron chi connectivity index (χ2n) is 5.98. The number of benzene rings is 1. The minimum Gasteiger partial charge on any atom is -0.344 e. The molecule has 0 aliphatic heterocycles. The smallest absolute Gasteiger partial charge is 0.212 e. The molecule has 2 aromatic heterocycles. The highest BCUT2D eigenvalue weighted by molar-refractivity contribution is 7.89. The molecule has 0 saturated carbocycles. The Bertz CT molecular complexity index is 1010. The van der Waals surface area contributed by atoms with Gasteiger partial charge in [0.2, 0.25) is 10.0 Å². The van der Waals surface area contributed by atoms with E-state index in [0.29, 0.717) is 11.4 Å². The highest BCUT2D eigenvalue weighted by atomic mass is 35.5. The molecule has 0 spiro atoms. The van der Waals surface area contributed by atoms with Crippen molar-refractivity contribution in [3.63, 3.8) is 0 Å². The molecule has 2 heterocycles. The normalized spacial score (nSPS) is 13.3. The molecule has 126 valence electrons. The number of aryl methyl sites for hydroxylation is 1. The van der Waals surface area contributed by atoms with E-state index < -0.39 is 15.3 Å². The van der Waals surface area contributed by atoms with Crippen molar-refractivity contribution in [2.45, 2.75) is 18.6 Å². The first-order valence-electron chi connectivity index (χ1n) is 7.46. The van der Waals surface area contributed by atoms with Gasteiger partial charge >= 0.3 is 0 Å². The minimum atomic E-state index is -3.56. The number of hydrogen-bond acceptors (Lipinski definition) is 3. The summed E-state index contributed by atoms with van der Waals surface area (Å²) in [7, 11) is -1.59. The number of sulfonamides is 1. The molecule has 2 N–H and O–H groups in total. The Morgan fingerprint density at radius 1 is 1.25 bits per heavy atom. The minimum absolute atomic E-state index is 0.329. The molecule has 3 rings (SSSR count). The summed E-state index contributed by atoms with van der Waals surface area (Å²) in [5.41, 5.74) is 3.77. The third-order valence-electron chi connectivity index (χ3n) is 4.18. The van der Waals surface area contributed by atoms with Gasteiger partial charge in [-0.25, -0.2) is 13.6 Å². The fourth-order valence-electron chi connectivity index (χ4n) is 2.77. The first kappa shape index (κ1) is 17.0. The number of primary sulfonamides is 1. The van der Waals surface area contributed by atoms with Gasteiger partial charge in [-0.15, -0.1) is 0 Å². The Morgan fingerprint density at radius 2 is 2.00 bits per heavy atom. The van der Waals surface area contributed by atoms with Gasteiger partial charge in [-0.1, -0.05) is 17.7 Å². The van der Waals surface area contributed by atoms with E-state index in [9.17, 15) is 8.42 Å². The highest BCUT2D eigenvalue weighted by Crippen LogP contribution is 2.29. The molecule has 0 fully saturated rings. The molecular weight excluding hydrogens is 346 g/mol. The number of rotatable bonds is 4. The van der Waals surface area contributed by atoms with Crippen molar-refractivity contribution in [3.8, 4) is 11.3 Å². The fraction of sp³-hybridized carbons (Fsp3) is 0.235. The van der Waals surface area contributed by atoms with Gasteiger partial charge in [0.15, 0.2) is 0 Å². The molecule has 0 amide bonds. The van der Waals surface area contributed by atoms with Crippen LogP contribution in [-0.4, -0.2) is 23.2 Å². The number of nitrogens with zero attached hydrogens (tertiary/aromatic N) is 2. The van der Waals surface area contributed by atoms with Gasteiger partial charge < -0.3 is 4.57 Å². The number of halogens is 1. The lowest BCUT2D eigenvalue weighted by Crippen LogP contribution is -2.27. The average Bonchev–Trinajstić information content (AvgIpc) is 2.83. The monoisotopic (exact) mass is 363 g/mol. The molecule has 1 aromatic carbocycles. The van der Waals surface area contributed by atoms with E-state index in [1.54, 1.807) is 19.3 Å². The van der Waals surface area contributed by atoms with E-state index in [-0.39, 0.29) is 0 Å². The number of aromatic nitrogens is 2. The van der Waals surface area contributed by atoms with Crippen LogP contribution >= 0.6 is 11.6 Å². The van der Waals surface area contributed by atoms with Gasteiger partial charge in [-0.3, -0.25) is 4.98 Å². The number of fused-ring (bicyclic) bond motifs is 1. The van der Waals surface area contributed by atoms with E-state index in [1.807, 2.05) is 35.9 Å². The maximum Gasteiger partial charge on any atom is 0.212 e. The summed E-state index contributed by atoms with van der Waals surface area (Å²) in [6.45, 7) is 1.60. The van der Waals surface area contributed by atoms with E-state index in [0.717, 1.165) is 27.7 Å². The predicted octanol–water partition coefficient (Wildman–Crippen LogP) is 3.11. The third-order valence-corrected chi connectivity index (χ3v) is 5.71. The molecule has 24 heavy (non-hydrogen) atoms. The first-order chi connectivity index (χ1) is 11.3. The summed E-state index contributed by atoms with van der Waals surface area (Å²) >= 11 is 6.08. The third kappa shape index (κ3) is 3.31. The van der Waals surface area contributed by atoms with Crippen molar-refractivity contribution >= 4 is 32.5 Å². The van der Waals surface area contributed by atoms with Crippen LogP contribution in [0.3, 0.4) is 0 Å². The summed E-state index contributed by atoms with van der Waals surface area (Å²) in [6.07, 6.45) is 3.76. The summed E-state index contributed by atoms with van der Waals surface area (Å²) in [5, 5.41) is 6.32. The van der Waals surface area contributed by atoms with Crippen LogP contribution < -0.4 is 5.14 Å². The molecule has 0 aliphatic rings. The van der Waals surface area contributed by atoms with Crippen molar-refractivity contribution in [1.29, 1.82) is 0 Å². The first-order valence-corrected chi connectivity index (χ1v) is 9.45. The maximum absolute atomic E-state index is 11.4. The Labute approximate surface area is 146 Å². The second-order valence-corrected chi connectivity index (χ2v) is 8.40. The van der Waals surface area contributed by atoms with Crippen LogP contribution in [0.25, 0.3) is 22.2 Å². The second kappa shape index (κ2) is 6.20. The SMILES string of the molecule is CC(Cc1cncc(-c2cc3ccc(Cl)cc3n2C)c1)S(N)(=O)=O. The maximum atomic E-state index is 11.4. The number of pyridine rings is 1. The van der Waals surface area contributed by atoms with Crippen molar-refractivity contribution in [2.75, 3.05) is 0 Å². The molecule has 0 radical (unpaired) electrons. The molecule has 1 atom stereocenters. The number of nitrogens with two attached hydrogens (primary N) is 1. The van der Waals surface area contributed by atoms with E-state index in [1.165, 1.54) is 0 Å². The van der Waals surface area contributed by atoms with E-state index in [4.69, 9.17) is 16.7 Å². The quantitative estimate of drug-likeness (QED) is 0.773. The molecule has 0 saturated heterocycles. The Hall–Kier alpha value is -1.89. The van der Waals surface area contributed by atoms with Crippen molar-refractivity contribution < 1.29 is 8.42 Å². The fourth-order valence-corrected chi connectivity index (χ4v) is 3.36. The van der Waals surface area contributed by atoms with Gasteiger partial charge in [-0.05, 0) is 43.2 Å². The highest BCUT2D eigenvalue weighted by Gasteiger charge is 2.17. The molecule has 7 heteroatoms. The summed E-state index contributed by atoms with van der Waals surface area (Å²) in [6, 6.07) is 9.76. The van der Waals surface area contributed by atoms with Crippen LogP contribution in [0.5, 0.6) is 0 Å². The molecule has 3 aromatic rings. The topological polar surface area (TPSA) is 78.0 Å². The van der Waals surface area contributed by atoms with Gasteiger partial charge in [0, 0.05) is 40.9 Å². The van der Waals surface area contributed by atoms with Gasteiger partial charge in [0.1, 0.15) is 0 Å². The van der Waals surface area contributed by atoms with Crippen LogP contribution in [-0.2, 0) is 23.5 Å². The lowest BCUT2D eigenvalue weighted by Gasteiger charge is -2.10. The molecule has 0 bridgehead atoms. The zero-order valence-electron chi connectivity index (χ0n) is 13.4. The van der Waals surface area contributed by atoms with Crippen molar-refractivity contribution in [3.05, 3.63) is 53.3 Å². The van der Waals surface area contributed by atoms with Gasteiger partial charge in [0.25, 0.3) is 0 Å².